The van der Waals surface area contributed by atoms with Crippen LogP contribution in [0, 0.1) is 0 Å². The average Bonchev–Trinajstić information content (AvgIpc) is 2.50. The molecular formula is C16H17BrN2O2. The van der Waals surface area contributed by atoms with Crippen LogP contribution in [0.2, 0.25) is 0 Å². The summed E-state index contributed by atoms with van der Waals surface area (Å²) in [4.78, 5) is 0. The van der Waals surface area contributed by atoms with Gasteiger partial charge in [-0.1, -0.05) is 30.3 Å². The minimum Gasteiger partial charge on any atom is -0.490 e. The molecule has 0 fully saturated rings. The van der Waals surface area contributed by atoms with Gasteiger partial charge in [0.15, 0.2) is 11.5 Å². The Morgan fingerprint density at radius 1 is 1.14 bits per heavy atom. The second-order valence-corrected chi connectivity index (χ2v) is 5.16. The standard InChI is InChI=1S/C16H17BrN2O2/c1-2-20-15-8-13(10-19-18)14(17)9-16(15)21-11-12-6-4-3-5-7-12/h3-10H,2,11,18H2,1H3. The van der Waals surface area contributed by atoms with Gasteiger partial charge in [-0.25, -0.2) is 0 Å². The highest BCUT2D eigenvalue weighted by Crippen LogP contribution is 2.33. The molecule has 0 saturated carbocycles. The quantitative estimate of drug-likeness (QED) is 0.491. The molecule has 2 aromatic rings. The van der Waals surface area contributed by atoms with Crippen molar-refractivity contribution in [1.29, 1.82) is 0 Å². The zero-order valence-electron chi connectivity index (χ0n) is 11.8. The van der Waals surface area contributed by atoms with Gasteiger partial charge in [0.25, 0.3) is 0 Å². The molecule has 0 aliphatic heterocycles. The van der Waals surface area contributed by atoms with E-state index in [0.29, 0.717) is 24.7 Å². The van der Waals surface area contributed by atoms with Crippen LogP contribution in [0.25, 0.3) is 0 Å². The van der Waals surface area contributed by atoms with E-state index in [1.54, 1.807) is 6.21 Å². The number of benzene rings is 2. The van der Waals surface area contributed by atoms with Crippen molar-refractivity contribution >= 4 is 22.1 Å². The van der Waals surface area contributed by atoms with E-state index in [4.69, 9.17) is 15.3 Å². The van der Waals surface area contributed by atoms with E-state index in [1.807, 2.05) is 49.4 Å². The lowest BCUT2D eigenvalue weighted by Crippen LogP contribution is -2.01. The predicted molar refractivity (Wildman–Crippen MR) is 87.9 cm³/mol. The monoisotopic (exact) mass is 348 g/mol. The summed E-state index contributed by atoms with van der Waals surface area (Å²) in [7, 11) is 0. The molecule has 5 heteroatoms. The topological polar surface area (TPSA) is 56.8 Å². The lowest BCUT2D eigenvalue weighted by atomic mass is 10.2. The van der Waals surface area contributed by atoms with Crippen LogP contribution in [-0.2, 0) is 6.61 Å². The van der Waals surface area contributed by atoms with E-state index < -0.39 is 0 Å². The van der Waals surface area contributed by atoms with Crippen molar-refractivity contribution < 1.29 is 9.47 Å². The molecule has 0 aromatic heterocycles. The maximum absolute atomic E-state index is 5.86. The van der Waals surface area contributed by atoms with Gasteiger partial charge in [-0.2, -0.15) is 5.10 Å². The maximum Gasteiger partial charge on any atom is 0.162 e. The molecule has 0 spiro atoms. The highest BCUT2D eigenvalue weighted by Gasteiger charge is 2.10. The van der Waals surface area contributed by atoms with E-state index in [9.17, 15) is 0 Å². The van der Waals surface area contributed by atoms with Crippen molar-refractivity contribution in [3.8, 4) is 11.5 Å². The molecule has 4 nitrogen and oxygen atoms in total. The molecule has 0 amide bonds. The van der Waals surface area contributed by atoms with Crippen molar-refractivity contribution in [3.05, 3.63) is 58.1 Å². The molecule has 0 bridgehead atoms. The van der Waals surface area contributed by atoms with Gasteiger partial charge < -0.3 is 15.3 Å². The summed E-state index contributed by atoms with van der Waals surface area (Å²) in [6.07, 6.45) is 1.56. The van der Waals surface area contributed by atoms with E-state index in [1.165, 1.54) is 0 Å². The molecule has 0 atom stereocenters. The molecule has 0 radical (unpaired) electrons. The normalized spacial score (nSPS) is 10.8. The molecule has 2 rings (SSSR count). The largest absolute Gasteiger partial charge is 0.490 e. The summed E-state index contributed by atoms with van der Waals surface area (Å²) in [6.45, 7) is 2.97. The SMILES string of the molecule is CCOc1cc(C=NN)c(Br)cc1OCc1ccccc1. The van der Waals surface area contributed by atoms with Gasteiger partial charge in [0.05, 0.1) is 12.8 Å². The summed E-state index contributed by atoms with van der Waals surface area (Å²) in [5.41, 5.74) is 1.94. The Balaban J connectivity index is 2.22. The second-order valence-electron chi connectivity index (χ2n) is 4.31. The van der Waals surface area contributed by atoms with Crippen LogP contribution in [0.15, 0.2) is 52.0 Å². The fraction of sp³-hybridized carbons (Fsp3) is 0.188. The Morgan fingerprint density at radius 2 is 1.86 bits per heavy atom. The smallest absolute Gasteiger partial charge is 0.162 e. The van der Waals surface area contributed by atoms with Crippen molar-refractivity contribution in [3.63, 3.8) is 0 Å². The third-order valence-corrected chi connectivity index (χ3v) is 3.50. The molecule has 21 heavy (non-hydrogen) atoms. The molecule has 0 unspecified atom stereocenters. The van der Waals surface area contributed by atoms with Crippen LogP contribution in [-0.4, -0.2) is 12.8 Å². The number of hydrazone groups is 1. The number of rotatable bonds is 6. The maximum atomic E-state index is 5.86. The van der Waals surface area contributed by atoms with Gasteiger partial charge in [0.1, 0.15) is 6.61 Å². The third-order valence-electron chi connectivity index (χ3n) is 2.81. The van der Waals surface area contributed by atoms with Crippen LogP contribution in [0.3, 0.4) is 0 Å². The van der Waals surface area contributed by atoms with Gasteiger partial charge in [-0.05, 0) is 40.5 Å². The lowest BCUT2D eigenvalue weighted by molar-refractivity contribution is 0.269. The van der Waals surface area contributed by atoms with E-state index in [0.717, 1.165) is 15.6 Å². The number of nitrogens with two attached hydrogens (primary N) is 1. The summed E-state index contributed by atoms with van der Waals surface area (Å²) in [6, 6.07) is 13.7. The zero-order valence-corrected chi connectivity index (χ0v) is 13.3. The van der Waals surface area contributed by atoms with E-state index in [2.05, 4.69) is 21.0 Å². The number of hydrogen-bond donors (Lipinski definition) is 1. The van der Waals surface area contributed by atoms with E-state index >= 15 is 0 Å². The first-order chi connectivity index (χ1) is 10.2. The van der Waals surface area contributed by atoms with Gasteiger partial charge in [-0.3, -0.25) is 0 Å². The molecule has 0 aliphatic carbocycles. The van der Waals surface area contributed by atoms with Crippen LogP contribution >= 0.6 is 15.9 Å². The molecule has 0 aliphatic rings. The van der Waals surface area contributed by atoms with Gasteiger partial charge >= 0.3 is 0 Å². The Morgan fingerprint density at radius 3 is 2.52 bits per heavy atom. The van der Waals surface area contributed by atoms with Gasteiger partial charge in [0, 0.05) is 10.0 Å². The fourth-order valence-corrected chi connectivity index (χ4v) is 2.27. The third kappa shape index (κ3) is 4.23. The fourth-order valence-electron chi connectivity index (χ4n) is 1.85. The zero-order chi connectivity index (χ0) is 15.1. The number of ether oxygens (including phenoxy) is 2. The van der Waals surface area contributed by atoms with Crippen molar-refractivity contribution in [2.75, 3.05) is 6.61 Å². The second kappa shape index (κ2) is 7.69. The minimum absolute atomic E-state index is 0.484. The molecule has 2 aromatic carbocycles. The highest BCUT2D eigenvalue weighted by molar-refractivity contribution is 9.10. The Bertz CT molecular complexity index is 615. The van der Waals surface area contributed by atoms with Crippen molar-refractivity contribution in [2.24, 2.45) is 10.9 Å². The minimum atomic E-state index is 0.484. The average molecular weight is 349 g/mol. The first-order valence-corrected chi connectivity index (χ1v) is 7.40. The molecule has 0 saturated heterocycles. The van der Waals surface area contributed by atoms with Crippen molar-refractivity contribution in [1.82, 2.24) is 0 Å². The van der Waals surface area contributed by atoms with Crippen LogP contribution < -0.4 is 15.3 Å². The molecule has 2 N–H and O–H groups in total. The highest BCUT2D eigenvalue weighted by atomic mass is 79.9. The number of halogens is 1. The predicted octanol–water partition coefficient (Wildman–Crippen LogP) is 3.72. The summed E-state index contributed by atoms with van der Waals surface area (Å²) in [5, 5.41) is 3.54. The summed E-state index contributed by atoms with van der Waals surface area (Å²) >= 11 is 3.48. The molecular weight excluding hydrogens is 332 g/mol. The van der Waals surface area contributed by atoms with E-state index in [-0.39, 0.29) is 0 Å². The molecule has 0 heterocycles. The number of nitrogens with zero attached hydrogens (tertiary/aromatic N) is 1. The van der Waals surface area contributed by atoms with Crippen LogP contribution in [0.1, 0.15) is 18.1 Å². The van der Waals surface area contributed by atoms with Crippen LogP contribution in [0.5, 0.6) is 11.5 Å². The first kappa shape index (κ1) is 15.4. The Kier molecular flexibility index (Phi) is 5.63. The van der Waals surface area contributed by atoms with Gasteiger partial charge in [0.2, 0.25) is 0 Å². The number of hydrogen-bond acceptors (Lipinski definition) is 4. The Hall–Kier alpha value is -2.01. The summed E-state index contributed by atoms with van der Waals surface area (Å²) < 4.78 is 12.3. The lowest BCUT2D eigenvalue weighted by Gasteiger charge is -2.13. The van der Waals surface area contributed by atoms with Crippen molar-refractivity contribution in [2.45, 2.75) is 13.5 Å². The van der Waals surface area contributed by atoms with Gasteiger partial charge in [-0.15, -0.1) is 0 Å². The van der Waals surface area contributed by atoms with Crippen LogP contribution in [0.4, 0.5) is 0 Å². The summed E-state index contributed by atoms with van der Waals surface area (Å²) in [5.74, 6) is 6.56. The first-order valence-electron chi connectivity index (χ1n) is 6.61. The molecule has 110 valence electrons. The Labute approximate surface area is 132 Å².